The van der Waals surface area contributed by atoms with E-state index in [-0.39, 0.29) is 41.9 Å². The molecule has 1 aromatic heterocycles. The van der Waals surface area contributed by atoms with Crippen LogP contribution >= 0.6 is 23.2 Å². The van der Waals surface area contributed by atoms with Crippen molar-refractivity contribution in [2.24, 2.45) is 0 Å². The van der Waals surface area contributed by atoms with Crippen molar-refractivity contribution in [3.8, 4) is 5.75 Å². The number of carbonyl (C=O) groups is 2. The molecule has 11 nitrogen and oxygen atoms in total. The number of nitrogens with one attached hydrogen (secondary N) is 1. The molecule has 1 N–H and O–H groups in total. The second-order valence-corrected chi connectivity index (χ2v) is 11.6. The summed E-state index contributed by atoms with van der Waals surface area (Å²) >= 11 is 12.7. The van der Waals surface area contributed by atoms with Gasteiger partial charge in [0.05, 0.1) is 37.6 Å². The standard InChI is InChI=1S/C27H28Cl2N4O7S/c1-18-22(27(29)33(31-18)16-19-4-3-5-21(14-19)38-2)7-9-26(35)40-17-25(34)30-20-6-8-23(28)24(15-20)41(36,37)32-10-12-39-13-11-32/h3-9,14-15H,10-13,16-17H2,1-2H3,(H,30,34). The molecule has 2 aromatic carbocycles. The predicted octanol–water partition coefficient (Wildman–Crippen LogP) is 3.77. The number of aryl methyl sites for hydroxylation is 1. The van der Waals surface area contributed by atoms with Crippen molar-refractivity contribution in [3.63, 3.8) is 0 Å². The molecule has 1 saturated heterocycles. The molecule has 2 heterocycles. The summed E-state index contributed by atoms with van der Waals surface area (Å²) in [5.41, 5.74) is 2.25. The highest BCUT2D eigenvalue weighted by Crippen LogP contribution is 2.28. The lowest BCUT2D eigenvalue weighted by Crippen LogP contribution is -2.40. The number of hydrogen-bond donors (Lipinski definition) is 1. The number of benzene rings is 2. The van der Waals surface area contributed by atoms with Crippen molar-refractivity contribution < 1.29 is 32.2 Å². The number of rotatable bonds is 10. The monoisotopic (exact) mass is 622 g/mol. The fourth-order valence-corrected chi connectivity index (χ4v) is 6.25. The van der Waals surface area contributed by atoms with Crippen LogP contribution in [0.2, 0.25) is 10.2 Å². The number of carbonyl (C=O) groups excluding carboxylic acids is 2. The van der Waals surface area contributed by atoms with Gasteiger partial charge in [-0.2, -0.15) is 9.40 Å². The molecule has 3 aromatic rings. The quantitative estimate of drug-likeness (QED) is 0.267. The molecule has 0 aliphatic carbocycles. The molecule has 1 aliphatic heterocycles. The van der Waals surface area contributed by atoms with Crippen molar-refractivity contribution in [1.29, 1.82) is 0 Å². The summed E-state index contributed by atoms with van der Waals surface area (Å²) in [4.78, 5) is 24.5. The summed E-state index contributed by atoms with van der Waals surface area (Å²) in [6.45, 7) is 2.52. The van der Waals surface area contributed by atoms with Gasteiger partial charge >= 0.3 is 5.97 Å². The van der Waals surface area contributed by atoms with E-state index in [0.29, 0.717) is 28.7 Å². The Morgan fingerprint density at radius 1 is 1.15 bits per heavy atom. The maximum atomic E-state index is 13.0. The first-order chi connectivity index (χ1) is 19.6. The normalized spacial score (nSPS) is 14.2. The van der Waals surface area contributed by atoms with Crippen molar-refractivity contribution in [1.82, 2.24) is 14.1 Å². The minimum atomic E-state index is -3.88. The van der Waals surface area contributed by atoms with Crippen LogP contribution in [-0.4, -0.2) is 74.4 Å². The molecule has 0 saturated carbocycles. The third-order valence-corrected chi connectivity index (χ3v) is 8.89. The minimum Gasteiger partial charge on any atom is -0.497 e. The smallest absolute Gasteiger partial charge is 0.331 e. The van der Waals surface area contributed by atoms with E-state index < -0.39 is 28.5 Å². The van der Waals surface area contributed by atoms with Crippen LogP contribution in [0.5, 0.6) is 5.75 Å². The van der Waals surface area contributed by atoms with Gasteiger partial charge in [-0.15, -0.1) is 0 Å². The van der Waals surface area contributed by atoms with Gasteiger partial charge in [0.25, 0.3) is 5.91 Å². The molecule has 0 atom stereocenters. The molecule has 0 unspecified atom stereocenters. The molecule has 1 aliphatic rings. The van der Waals surface area contributed by atoms with Crippen LogP contribution in [0.15, 0.2) is 53.4 Å². The van der Waals surface area contributed by atoms with Crippen molar-refractivity contribution in [2.45, 2.75) is 18.4 Å². The van der Waals surface area contributed by atoms with E-state index in [0.717, 1.165) is 11.6 Å². The molecule has 41 heavy (non-hydrogen) atoms. The van der Waals surface area contributed by atoms with E-state index in [1.165, 1.54) is 28.6 Å². The fourth-order valence-electron chi connectivity index (χ4n) is 4.04. The Labute approximate surface area is 247 Å². The van der Waals surface area contributed by atoms with Gasteiger partial charge in [-0.3, -0.25) is 4.79 Å². The van der Waals surface area contributed by atoms with Crippen molar-refractivity contribution in [3.05, 3.63) is 75.5 Å². The zero-order valence-corrected chi connectivity index (χ0v) is 24.6. The second kappa shape index (κ2) is 13.5. The number of anilines is 1. The average Bonchev–Trinajstić information content (AvgIpc) is 3.23. The summed E-state index contributed by atoms with van der Waals surface area (Å²) in [5, 5.41) is 7.30. The number of morpholine rings is 1. The van der Waals surface area contributed by atoms with E-state index in [1.807, 2.05) is 24.3 Å². The molecule has 14 heteroatoms. The van der Waals surface area contributed by atoms with Gasteiger partial charge in [-0.25, -0.2) is 17.9 Å². The highest BCUT2D eigenvalue weighted by molar-refractivity contribution is 7.89. The molecule has 1 fully saturated rings. The Morgan fingerprint density at radius 2 is 1.90 bits per heavy atom. The van der Waals surface area contributed by atoms with Crippen LogP contribution in [0.4, 0.5) is 5.69 Å². The van der Waals surface area contributed by atoms with E-state index in [9.17, 15) is 18.0 Å². The van der Waals surface area contributed by atoms with Crippen LogP contribution in [0, 0.1) is 6.92 Å². The van der Waals surface area contributed by atoms with Crippen LogP contribution in [0.3, 0.4) is 0 Å². The number of amides is 1. The maximum absolute atomic E-state index is 13.0. The third kappa shape index (κ3) is 7.66. The number of halogens is 2. The zero-order chi connectivity index (χ0) is 29.6. The molecule has 218 valence electrons. The maximum Gasteiger partial charge on any atom is 0.331 e. The van der Waals surface area contributed by atoms with Gasteiger partial charge in [0, 0.05) is 30.4 Å². The van der Waals surface area contributed by atoms with E-state index in [2.05, 4.69) is 10.4 Å². The molecule has 0 bridgehead atoms. The van der Waals surface area contributed by atoms with Crippen LogP contribution in [0.1, 0.15) is 16.8 Å². The Balaban J connectivity index is 1.34. The first kappa shape index (κ1) is 30.5. The Hall–Kier alpha value is -3.42. The Bertz CT molecular complexity index is 1570. The molecule has 4 rings (SSSR count). The average molecular weight is 624 g/mol. The summed E-state index contributed by atoms with van der Waals surface area (Å²) in [6.07, 6.45) is 2.61. The third-order valence-electron chi connectivity index (χ3n) is 6.11. The summed E-state index contributed by atoms with van der Waals surface area (Å²) in [5.74, 6) is -0.726. The van der Waals surface area contributed by atoms with E-state index >= 15 is 0 Å². The van der Waals surface area contributed by atoms with E-state index in [1.54, 1.807) is 18.7 Å². The Morgan fingerprint density at radius 3 is 2.63 bits per heavy atom. The lowest BCUT2D eigenvalue weighted by Gasteiger charge is -2.26. The number of sulfonamides is 1. The number of nitrogens with zero attached hydrogens (tertiary/aromatic N) is 3. The summed E-state index contributed by atoms with van der Waals surface area (Å²) in [6, 6.07) is 11.6. The van der Waals surface area contributed by atoms with Crippen molar-refractivity contribution >= 4 is 56.9 Å². The largest absolute Gasteiger partial charge is 0.497 e. The van der Waals surface area contributed by atoms with Crippen molar-refractivity contribution in [2.75, 3.05) is 45.3 Å². The number of esters is 1. The Kier molecular flexibility index (Phi) is 10.1. The molecular formula is C27H28Cl2N4O7S. The molecule has 0 radical (unpaired) electrons. The van der Waals surface area contributed by atoms with Gasteiger partial charge in [-0.05, 0) is 48.9 Å². The lowest BCUT2D eigenvalue weighted by atomic mass is 10.2. The molecule has 1 amide bonds. The van der Waals surface area contributed by atoms with Gasteiger partial charge in [0.1, 0.15) is 15.8 Å². The highest BCUT2D eigenvalue weighted by Gasteiger charge is 2.28. The zero-order valence-electron chi connectivity index (χ0n) is 22.3. The van der Waals surface area contributed by atoms with Gasteiger partial charge in [-0.1, -0.05) is 35.3 Å². The summed E-state index contributed by atoms with van der Waals surface area (Å²) in [7, 11) is -2.30. The van der Waals surface area contributed by atoms with E-state index in [4.69, 9.17) is 37.4 Å². The number of aromatic nitrogens is 2. The topological polar surface area (TPSA) is 129 Å². The fraction of sp³-hybridized carbons (Fsp3) is 0.296. The number of ether oxygens (including phenoxy) is 3. The lowest BCUT2D eigenvalue weighted by molar-refractivity contribution is -0.142. The first-order valence-electron chi connectivity index (χ1n) is 12.5. The van der Waals surface area contributed by atoms with Gasteiger partial charge < -0.3 is 19.5 Å². The first-order valence-corrected chi connectivity index (χ1v) is 14.7. The van der Waals surface area contributed by atoms with Gasteiger partial charge in [0.2, 0.25) is 10.0 Å². The SMILES string of the molecule is COc1cccc(Cn2nc(C)c(C=CC(=O)OCC(=O)Nc3ccc(Cl)c(S(=O)(=O)N4CCOCC4)c3)c2Cl)c1. The summed E-state index contributed by atoms with van der Waals surface area (Å²) < 4.78 is 44.3. The van der Waals surface area contributed by atoms with Crippen LogP contribution in [-0.2, 0) is 35.6 Å². The molecular weight excluding hydrogens is 595 g/mol. The minimum absolute atomic E-state index is 0.0202. The second-order valence-electron chi connectivity index (χ2n) is 8.95. The predicted molar refractivity (Wildman–Crippen MR) is 154 cm³/mol. The number of hydrogen-bond acceptors (Lipinski definition) is 8. The number of methoxy groups -OCH3 is 1. The van der Waals surface area contributed by atoms with Crippen LogP contribution in [0.25, 0.3) is 6.08 Å². The highest BCUT2D eigenvalue weighted by atomic mass is 35.5. The molecule has 0 spiro atoms. The van der Waals surface area contributed by atoms with Gasteiger partial charge in [0.15, 0.2) is 6.61 Å². The van der Waals surface area contributed by atoms with Crippen LogP contribution < -0.4 is 10.1 Å².